The fourth-order valence-corrected chi connectivity index (χ4v) is 1.60. The van der Waals surface area contributed by atoms with Crippen molar-refractivity contribution in [2.45, 2.75) is 27.2 Å². The molecule has 4 heteroatoms. The second-order valence-corrected chi connectivity index (χ2v) is 5.58. The first-order valence-electron chi connectivity index (χ1n) is 6.30. The van der Waals surface area contributed by atoms with Crippen LogP contribution in [0.15, 0.2) is 24.3 Å². The van der Waals surface area contributed by atoms with Crippen molar-refractivity contribution >= 4 is 12.0 Å². The number of esters is 1. The van der Waals surface area contributed by atoms with Crippen molar-refractivity contribution in [3.63, 3.8) is 0 Å². The Morgan fingerprint density at radius 1 is 1.35 bits per heavy atom. The van der Waals surface area contributed by atoms with Crippen molar-refractivity contribution in [2.75, 3.05) is 7.11 Å². The lowest BCUT2D eigenvalue weighted by atomic mass is 9.92. The maximum atomic E-state index is 11.8. The molecule has 0 aromatic heterocycles. The van der Waals surface area contributed by atoms with Gasteiger partial charge in [0.05, 0.1) is 19.6 Å². The van der Waals surface area contributed by atoms with E-state index < -0.39 is 0 Å². The minimum absolute atomic E-state index is 0.125. The largest absolute Gasteiger partial charge is 0.493 e. The number of hydrogen-bond donors (Lipinski definition) is 0. The van der Waals surface area contributed by atoms with E-state index >= 15 is 0 Å². The number of ether oxygens (including phenoxy) is 2. The van der Waals surface area contributed by atoms with Gasteiger partial charge in [0.15, 0.2) is 11.5 Å². The normalized spacial score (nSPS) is 11.2. The number of allylic oxidation sites excluding steroid dienone is 1. The minimum atomic E-state index is -0.295. The summed E-state index contributed by atoms with van der Waals surface area (Å²) < 4.78 is 10.5. The Bertz CT molecular complexity index is 548. The molecule has 0 radical (unpaired) electrons. The zero-order valence-corrected chi connectivity index (χ0v) is 12.3. The van der Waals surface area contributed by atoms with E-state index in [1.807, 2.05) is 26.8 Å². The smallest absolute Gasteiger partial charge is 0.311 e. The predicted molar refractivity (Wildman–Crippen MR) is 77.3 cm³/mol. The SMILES string of the molecule is COc1cc(/C=C\C#N)ccc1OC(=O)CC(C)(C)C. The number of rotatable bonds is 4. The first kappa shape index (κ1) is 15.8. The molecule has 1 aromatic rings. The van der Waals surface area contributed by atoms with Crippen molar-refractivity contribution < 1.29 is 14.3 Å². The maximum Gasteiger partial charge on any atom is 0.311 e. The fraction of sp³-hybridized carbons (Fsp3) is 0.375. The molecular weight excluding hydrogens is 254 g/mol. The van der Waals surface area contributed by atoms with Crippen molar-refractivity contribution in [1.29, 1.82) is 5.26 Å². The molecule has 0 saturated carbocycles. The van der Waals surface area contributed by atoms with Crippen LogP contribution < -0.4 is 9.47 Å². The van der Waals surface area contributed by atoms with Gasteiger partial charge >= 0.3 is 5.97 Å². The van der Waals surface area contributed by atoms with E-state index in [-0.39, 0.29) is 11.4 Å². The minimum Gasteiger partial charge on any atom is -0.493 e. The average molecular weight is 273 g/mol. The summed E-state index contributed by atoms with van der Waals surface area (Å²) in [6.45, 7) is 5.92. The van der Waals surface area contributed by atoms with Gasteiger partial charge in [-0.05, 0) is 29.2 Å². The van der Waals surface area contributed by atoms with E-state index in [9.17, 15) is 4.79 Å². The summed E-state index contributed by atoms with van der Waals surface area (Å²) in [5.41, 5.74) is 0.679. The van der Waals surface area contributed by atoms with Crippen LogP contribution >= 0.6 is 0 Å². The highest BCUT2D eigenvalue weighted by Crippen LogP contribution is 2.30. The molecule has 1 rings (SSSR count). The van der Waals surface area contributed by atoms with E-state index in [2.05, 4.69) is 0 Å². The molecule has 0 bridgehead atoms. The highest BCUT2D eigenvalue weighted by Gasteiger charge is 2.19. The molecule has 0 heterocycles. The summed E-state index contributed by atoms with van der Waals surface area (Å²) in [4.78, 5) is 11.8. The number of hydrogen-bond acceptors (Lipinski definition) is 4. The molecule has 0 saturated heterocycles. The van der Waals surface area contributed by atoms with Gasteiger partial charge in [0, 0.05) is 6.08 Å². The van der Waals surface area contributed by atoms with Crippen LogP contribution in [0.25, 0.3) is 6.08 Å². The molecule has 0 atom stereocenters. The summed E-state index contributed by atoms with van der Waals surface area (Å²) in [7, 11) is 1.51. The highest BCUT2D eigenvalue weighted by atomic mass is 16.6. The van der Waals surface area contributed by atoms with Gasteiger partial charge in [-0.25, -0.2) is 0 Å². The number of carbonyl (C=O) groups excluding carboxylic acids is 1. The third-order valence-corrected chi connectivity index (χ3v) is 2.44. The number of nitriles is 1. The molecule has 0 N–H and O–H groups in total. The van der Waals surface area contributed by atoms with Gasteiger partial charge in [-0.15, -0.1) is 0 Å². The molecule has 0 amide bonds. The van der Waals surface area contributed by atoms with Gasteiger partial charge in [0.1, 0.15) is 0 Å². The van der Waals surface area contributed by atoms with E-state index in [1.54, 1.807) is 24.3 Å². The zero-order valence-electron chi connectivity index (χ0n) is 12.3. The topological polar surface area (TPSA) is 59.3 Å². The lowest BCUT2D eigenvalue weighted by Crippen LogP contribution is -2.17. The maximum absolute atomic E-state index is 11.8. The van der Waals surface area contributed by atoms with Gasteiger partial charge in [-0.3, -0.25) is 4.79 Å². The summed E-state index contributed by atoms with van der Waals surface area (Å²) >= 11 is 0. The van der Waals surface area contributed by atoms with Crippen LogP contribution in [0.3, 0.4) is 0 Å². The van der Waals surface area contributed by atoms with Gasteiger partial charge in [-0.1, -0.05) is 26.8 Å². The molecule has 0 fully saturated rings. The summed E-state index contributed by atoms with van der Waals surface area (Å²) in [6, 6.07) is 7.06. The Hall–Kier alpha value is -2.28. The second-order valence-electron chi connectivity index (χ2n) is 5.58. The van der Waals surface area contributed by atoms with Gasteiger partial charge in [-0.2, -0.15) is 5.26 Å². The number of nitrogens with zero attached hydrogens (tertiary/aromatic N) is 1. The third-order valence-electron chi connectivity index (χ3n) is 2.44. The molecule has 4 nitrogen and oxygen atoms in total. The van der Waals surface area contributed by atoms with Gasteiger partial charge in [0.25, 0.3) is 0 Å². The Morgan fingerprint density at radius 2 is 2.05 bits per heavy atom. The lowest BCUT2D eigenvalue weighted by molar-refractivity contribution is -0.136. The Labute approximate surface area is 119 Å². The van der Waals surface area contributed by atoms with Crippen LogP contribution in [0.4, 0.5) is 0 Å². The van der Waals surface area contributed by atoms with Gasteiger partial charge < -0.3 is 9.47 Å². The summed E-state index contributed by atoms with van der Waals surface area (Å²) in [5, 5.41) is 8.50. The summed E-state index contributed by atoms with van der Waals surface area (Å²) in [6.07, 6.45) is 3.36. The predicted octanol–water partition coefficient (Wildman–Crippen LogP) is 3.57. The average Bonchev–Trinajstić information content (AvgIpc) is 2.35. The fourth-order valence-electron chi connectivity index (χ4n) is 1.60. The van der Waals surface area contributed by atoms with Crippen LogP contribution in [0.2, 0.25) is 0 Å². The first-order valence-corrected chi connectivity index (χ1v) is 6.30. The van der Waals surface area contributed by atoms with Crippen molar-refractivity contribution in [1.82, 2.24) is 0 Å². The van der Waals surface area contributed by atoms with E-state index in [1.165, 1.54) is 13.2 Å². The van der Waals surface area contributed by atoms with E-state index in [0.29, 0.717) is 17.9 Å². The van der Waals surface area contributed by atoms with Crippen LogP contribution in [0.1, 0.15) is 32.8 Å². The molecule has 20 heavy (non-hydrogen) atoms. The molecule has 0 spiro atoms. The van der Waals surface area contributed by atoms with E-state index in [4.69, 9.17) is 14.7 Å². The highest BCUT2D eigenvalue weighted by molar-refractivity contribution is 5.74. The summed E-state index contributed by atoms with van der Waals surface area (Å²) in [5.74, 6) is 0.555. The number of methoxy groups -OCH3 is 1. The van der Waals surface area contributed by atoms with Crippen molar-refractivity contribution in [3.05, 3.63) is 29.8 Å². The lowest BCUT2D eigenvalue weighted by Gasteiger charge is -2.17. The van der Waals surface area contributed by atoms with Crippen LogP contribution in [-0.4, -0.2) is 13.1 Å². The molecule has 0 unspecified atom stereocenters. The molecule has 1 aromatic carbocycles. The van der Waals surface area contributed by atoms with Gasteiger partial charge in [0.2, 0.25) is 0 Å². The van der Waals surface area contributed by atoms with Crippen LogP contribution in [0.5, 0.6) is 11.5 Å². The van der Waals surface area contributed by atoms with Crippen molar-refractivity contribution in [3.8, 4) is 17.6 Å². The monoisotopic (exact) mass is 273 g/mol. The number of benzene rings is 1. The Kier molecular flexibility index (Phi) is 5.33. The van der Waals surface area contributed by atoms with Crippen LogP contribution in [-0.2, 0) is 4.79 Å². The Morgan fingerprint density at radius 3 is 2.60 bits per heavy atom. The Balaban J connectivity index is 2.88. The standard InChI is InChI=1S/C16H19NO3/c1-16(2,3)11-15(18)20-13-8-7-12(6-5-9-17)10-14(13)19-4/h5-8,10H,11H2,1-4H3/b6-5-. The molecule has 106 valence electrons. The molecule has 0 aliphatic carbocycles. The zero-order chi connectivity index (χ0) is 15.2. The van der Waals surface area contributed by atoms with Crippen molar-refractivity contribution in [2.24, 2.45) is 5.41 Å². The molecule has 0 aliphatic rings. The quantitative estimate of drug-likeness (QED) is 0.478. The second kappa shape index (κ2) is 6.76. The molecule has 0 aliphatic heterocycles. The molecular formula is C16H19NO3. The van der Waals surface area contributed by atoms with E-state index in [0.717, 1.165) is 5.56 Å². The number of carbonyl (C=O) groups is 1. The first-order chi connectivity index (χ1) is 9.35. The third kappa shape index (κ3) is 5.15. The van der Waals surface area contributed by atoms with Crippen LogP contribution in [0, 0.1) is 16.7 Å².